The molecule has 0 atom stereocenters. The van der Waals surface area contributed by atoms with Crippen molar-refractivity contribution in [3.63, 3.8) is 0 Å². The van der Waals surface area contributed by atoms with Gasteiger partial charge in [-0.3, -0.25) is 0 Å². The molecule has 0 spiro atoms. The van der Waals surface area contributed by atoms with Crippen LogP contribution in [0.1, 0.15) is 20.8 Å². The van der Waals surface area contributed by atoms with E-state index in [2.05, 4.69) is 6.92 Å². The molecule has 0 amide bonds. The minimum atomic E-state index is -0.649. The van der Waals surface area contributed by atoms with E-state index in [0.717, 1.165) is 0 Å². The van der Waals surface area contributed by atoms with E-state index in [1.807, 2.05) is 13.8 Å². The van der Waals surface area contributed by atoms with Crippen LogP contribution in [-0.4, -0.2) is 19.0 Å². The lowest BCUT2D eigenvalue weighted by molar-refractivity contribution is -0.188. The van der Waals surface area contributed by atoms with Crippen LogP contribution in [0, 0.1) is 6.92 Å². The van der Waals surface area contributed by atoms with E-state index in [4.69, 9.17) is 9.47 Å². The van der Waals surface area contributed by atoms with Crippen LogP contribution >= 0.6 is 0 Å². The van der Waals surface area contributed by atoms with Crippen LogP contribution in [0.4, 0.5) is 0 Å². The fourth-order valence-corrected chi connectivity index (χ4v) is 0.652. The van der Waals surface area contributed by atoms with Gasteiger partial charge in [0.2, 0.25) is 0 Å². The van der Waals surface area contributed by atoms with E-state index < -0.39 is 5.79 Å². The molecule has 0 N–H and O–H groups in total. The van der Waals surface area contributed by atoms with Gasteiger partial charge in [0, 0.05) is 20.1 Å². The third-order valence-electron chi connectivity index (χ3n) is 0.899. The molecule has 0 saturated heterocycles. The number of hydrogen-bond acceptors (Lipinski definition) is 2. The first-order valence-corrected chi connectivity index (χ1v) is 3.25. The number of ether oxygens (including phenoxy) is 2. The van der Waals surface area contributed by atoms with Crippen LogP contribution in [0.25, 0.3) is 0 Å². The second-order valence-corrected chi connectivity index (χ2v) is 2.00. The highest BCUT2D eigenvalue weighted by molar-refractivity contribution is 4.63. The van der Waals surface area contributed by atoms with Crippen molar-refractivity contribution in [3.8, 4) is 0 Å². The summed E-state index contributed by atoms with van der Waals surface area (Å²) in [5.74, 6) is -0.649. The van der Waals surface area contributed by atoms with Crippen molar-refractivity contribution in [1.82, 2.24) is 0 Å². The zero-order valence-corrected chi connectivity index (χ0v) is 6.44. The summed E-state index contributed by atoms with van der Waals surface area (Å²) in [5.41, 5.74) is 0. The molecule has 0 unspecified atom stereocenters. The Morgan fingerprint density at radius 2 is 1.56 bits per heavy atom. The third-order valence-corrected chi connectivity index (χ3v) is 0.899. The Labute approximate surface area is 57.2 Å². The van der Waals surface area contributed by atoms with Gasteiger partial charge in [0.15, 0.2) is 5.79 Å². The van der Waals surface area contributed by atoms with Crippen molar-refractivity contribution in [2.75, 3.05) is 13.2 Å². The SMILES string of the molecule is [CH2]C(C)(OCC)OCC. The molecule has 9 heavy (non-hydrogen) atoms. The molecule has 0 aliphatic heterocycles. The summed E-state index contributed by atoms with van der Waals surface area (Å²) in [7, 11) is 0. The summed E-state index contributed by atoms with van der Waals surface area (Å²) in [6.07, 6.45) is 0. The molecule has 0 bridgehead atoms. The van der Waals surface area contributed by atoms with Crippen LogP contribution in [-0.2, 0) is 9.47 Å². The molecule has 0 aliphatic rings. The Bertz CT molecular complexity index is 61.3. The maximum absolute atomic E-state index is 5.14. The van der Waals surface area contributed by atoms with Gasteiger partial charge in [-0.15, -0.1) is 0 Å². The van der Waals surface area contributed by atoms with Gasteiger partial charge in [-0.1, -0.05) is 0 Å². The van der Waals surface area contributed by atoms with Gasteiger partial charge in [0.05, 0.1) is 0 Å². The van der Waals surface area contributed by atoms with E-state index >= 15 is 0 Å². The molecule has 0 fully saturated rings. The zero-order chi connectivity index (χ0) is 7.33. The van der Waals surface area contributed by atoms with Crippen LogP contribution in [0.5, 0.6) is 0 Å². The molecular weight excluding hydrogens is 116 g/mol. The average Bonchev–Trinajstić information content (AvgIpc) is 1.64. The van der Waals surface area contributed by atoms with Crippen LogP contribution in [0.2, 0.25) is 0 Å². The highest BCUT2D eigenvalue weighted by atomic mass is 16.7. The van der Waals surface area contributed by atoms with Gasteiger partial charge in [-0.05, 0) is 20.8 Å². The molecule has 55 valence electrons. The Hall–Kier alpha value is -0.0800. The van der Waals surface area contributed by atoms with Crippen LogP contribution in [0.3, 0.4) is 0 Å². The Balaban J connectivity index is 3.43. The van der Waals surface area contributed by atoms with Gasteiger partial charge in [-0.25, -0.2) is 0 Å². The minimum Gasteiger partial charge on any atom is -0.351 e. The van der Waals surface area contributed by atoms with E-state index in [1.165, 1.54) is 0 Å². The lowest BCUT2D eigenvalue weighted by Gasteiger charge is -2.23. The van der Waals surface area contributed by atoms with E-state index in [9.17, 15) is 0 Å². The summed E-state index contributed by atoms with van der Waals surface area (Å²) < 4.78 is 10.3. The summed E-state index contributed by atoms with van der Waals surface area (Å²) in [6, 6.07) is 0. The molecule has 0 aliphatic carbocycles. The highest BCUT2D eigenvalue weighted by Gasteiger charge is 2.15. The Morgan fingerprint density at radius 3 is 1.78 bits per heavy atom. The molecule has 0 saturated carbocycles. The average molecular weight is 131 g/mol. The maximum Gasteiger partial charge on any atom is 0.165 e. The smallest absolute Gasteiger partial charge is 0.165 e. The molecule has 0 rings (SSSR count). The first-order valence-electron chi connectivity index (χ1n) is 3.25. The Kier molecular flexibility index (Phi) is 3.82. The topological polar surface area (TPSA) is 18.5 Å². The van der Waals surface area contributed by atoms with Crippen LogP contribution < -0.4 is 0 Å². The minimum absolute atomic E-state index is 0.639. The first kappa shape index (κ1) is 8.92. The van der Waals surface area contributed by atoms with Gasteiger partial charge >= 0.3 is 0 Å². The fraction of sp³-hybridized carbons (Fsp3) is 0.857. The second kappa shape index (κ2) is 3.85. The first-order chi connectivity index (χ1) is 4.12. The predicted molar refractivity (Wildman–Crippen MR) is 37.0 cm³/mol. The summed E-state index contributed by atoms with van der Waals surface area (Å²) in [4.78, 5) is 0. The molecule has 0 aromatic rings. The van der Waals surface area contributed by atoms with Crippen molar-refractivity contribution in [2.24, 2.45) is 0 Å². The van der Waals surface area contributed by atoms with E-state index in [0.29, 0.717) is 13.2 Å². The van der Waals surface area contributed by atoms with Gasteiger partial charge in [0.1, 0.15) is 0 Å². The molecule has 0 aromatic carbocycles. The molecule has 0 heterocycles. The maximum atomic E-state index is 5.14. The third kappa shape index (κ3) is 4.43. The normalized spacial score (nSPS) is 12.0. The summed E-state index contributed by atoms with van der Waals surface area (Å²) in [5, 5.41) is 0. The van der Waals surface area contributed by atoms with Gasteiger partial charge in [0.25, 0.3) is 0 Å². The summed E-state index contributed by atoms with van der Waals surface area (Å²) in [6.45, 7) is 10.6. The Morgan fingerprint density at radius 1 is 1.22 bits per heavy atom. The van der Waals surface area contributed by atoms with Crippen LogP contribution in [0.15, 0.2) is 0 Å². The summed E-state index contributed by atoms with van der Waals surface area (Å²) >= 11 is 0. The second-order valence-electron chi connectivity index (χ2n) is 2.00. The molecule has 2 heteroatoms. The van der Waals surface area contributed by atoms with Crippen molar-refractivity contribution in [1.29, 1.82) is 0 Å². The van der Waals surface area contributed by atoms with Gasteiger partial charge in [-0.2, -0.15) is 0 Å². The zero-order valence-electron chi connectivity index (χ0n) is 6.44. The van der Waals surface area contributed by atoms with Gasteiger partial charge < -0.3 is 9.47 Å². The lowest BCUT2D eigenvalue weighted by Crippen LogP contribution is -2.28. The quantitative estimate of drug-likeness (QED) is 0.540. The predicted octanol–water partition coefficient (Wildman–Crippen LogP) is 1.61. The highest BCUT2D eigenvalue weighted by Crippen LogP contribution is 2.08. The molecule has 0 aromatic heterocycles. The monoisotopic (exact) mass is 131 g/mol. The molecule has 1 radical (unpaired) electrons. The van der Waals surface area contributed by atoms with E-state index in [-0.39, 0.29) is 0 Å². The fourth-order valence-electron chi connectivity index (χ4n) is 0.652. The lowest BCUT2D eigenvalue weighted by atomic mass is 10.4. The standard InChI is InChI=1S/C7H15O2/c1-5-8-7(3,4)9-6-2/h3,5-6H2,1-2,4H3. The largest absolute Gasteiger partial charge is 0.351 e. The molecular formula is C7H15O2. The number of hydrogen-bond donors (Lipinski definition) is 0. The van der Waals surface area contributed by atoms with Crippen molar-refractivity contribution < 1.29 is 9.47 Å². The van der Waals surface area contributed by atoms with Crippen molar-refractivity contribution in [3.05, 3.63) is 6.92 Å². The van der Waals surface area contributed by atoms with E-state index in [1.54, 1.807) is 6.92 Å². The number of rotatable bonds is 4. The van der Waals surface area contributed by atoms with Crippen molar-refractivity contribution >= 4 is 0 Å². The van der Waals surface area contributed by atoms with Crippen molar-refractivity contribution in [2.45, 2.75) is 26.6 Å². The molecule has 2 nitrogen and oxygen atoms in total.